The first kappa shape index (κ1) is 15.6. The maximum absolute atomic E-state index is 13.4. The van der Waals surface area contributed by atoms with Crippen LogP contribution in [0.5, 0.6) is 11.5 Å². The van der Waals surface area contributed by atoms with Crippen molar-refractivity contribution in [1.82, 2.24) is 5.32 Å². The number of alkyl halides is 3. The van der Waals surface area contributed by atoms with Gasteiger partial charge < -0.3 is 14.8 Å². The van der Waals surface area contributed by atoms with Crippen LogP contribution in [-0.2, 0) is 0 Å². The molecule has 0 aromatic heterocycles. The Balaban J connectivity index is 2.47. The Morgan fingerprint density at radius 3 is 2.14 bits per heavy atom. The number of nitrogens with one attached hydrogen (secondary N) is 1. The molecular weight excluding hydrogens is 287 g/mol. The first-order valence-corrected chi connectivity index (χ1v) is 6.39. The zero-order chi connectivity index (χ0) is 15.7. The van der Waals surface area contributed by atoms with E-state index < -0.39 is 23.9 Å². The summed E-state index contributed by atoms with van der Waals surface area (Å²) in [5.74, 6) is -0.404. The second-order valence-electron chi connectivity index (χ2n) is 4.94. The van der Waals surface area contributed by atoms with Crippen molar-refractivity contribution in [3.63, 3.8) is 0 Å². The molecule has 1 unspecified atom stereocenters. The molecule has 21 heavy (non-hydrogen) atoms. The summed E-state index contributed by atoms with van der Waals surface area (Å²) in [5, 5.41) is 2.62. The molecule has 1 atom stereocenters. The molecule has 1 aliphatic rings. The van der Waals surface area contributed by atoms with Gasteiger partial charge in [0.1, 0.15) is 16.9 Å². The number of ether oxygens (including phenoxy) is 2. The fourth-order valence-electron chi connectivity index (χ4n) is 2.47. The van der Waals surface area contributed by atoms with Crippen molar-refractivity contribution in [2.45, 2.75) is 12.6 Å². The van der Waals surface area contributed by atoms with Crippen LogP contribution in [0.15, 0.2) is 18.2 Å². The van der Waals surface area contributed by atoms with E-state index in [2.05, 4.69) is 5.32 Å². The summed E-state index contributed by atoms with van der Waals surface area (Å²) in [5.41, 5.74) is -2.45. The van der Waals surface area contributed by atoms with Crippen LogP contribution >= 0.6 is 0 Å². The molecule has 0 saturated carbocycles. The second-order valence-corrected chi connectivity index (χ2v) is 4.94. The molecule has 1 aromatic carbocycles. The third-order valence-corrected chi connectivity index (χ3v) is 3.75. The minimum Gasteiger partial charge on any atom is -0.497 e. The highest BCUT2D eigenvalue weighted by Gasteiger charge is 2.61. The zero-order valence-electron chi connectivity index (χ0n) is 11.7. The van der Waals surface area contributed by atoms with Gasteiger partial charge in [-0.25, -0.2) is 0 Å². The highest BCUT2D eigenvalue weighted by molar-refractivity contribution is 6.02. The Morgan fingerprint density at radius 1 is 1.19 bits per heavy atom. The largest absolute Gasteiger partial charge is 0.497 e. The van der Waals surface area contributed by atoms with Crippen LogP contribution in [0, 0.1) is 5.41 Å². The highest BCUT2D eigenvalue weighted by Crippen LogP contribution is 2.45. The average molecular weight is 303 g/mol. The molecule has 7 heteroatoms. The summed E-state index contributed by atoms with van der Waals surface area (Å²) in [6.45, 7) is -0.249. The number of hydrogen-bond donors (Lipinski definition) is 1. The van der Waals surface area contributed by atoms with E-state index in [1.807, 2.05) is 0 Å². The molecule has 2 rings (SSSR count). The van der Waals surface area contributed by atoms with Crippen LogP contribution in [0.2, 0.25) is 0 Å². The molecule has 1 saturated heterocycles. The van der Waals surface area contributed by atoms with Gasteiger partial charge in [-0.15, -0.1) is 0 Å². The molecule has 0 bridgehead atoms. The minimum atomic E-state index is -4.61. The van der Waals surface area contributed by atoms with Crippen molar-refractivity contribution < 1.29 is 27.4 Å². The van der Waals surface area contributed by atoms with E-state index in [4.69, 9.17) is 9.47 Å². The van der Waals surface area contributed by atoms with Crippen molar-refractivity contribution in [2.24, 2.45) is 5.41 Å². The van der Waals surface area contributed by atoms with Gasteiger partial charge in [-0.3, -0.25) is 4.79 Å². The molecule has 4 nitrogen and oxygen atoms in total. The standard InChI is InChI=1S/C14H16F3NO3/c1-20-10-5-9(6-11(7-10)21-2)12(19)13(14(15,16)17)3-4-18-8-13/h5-7,18H,3-4,8H2,1-2H3. The summed E-state index contributed by atoms with van der Waals surface area (Å²) in [4.78, 5) is 12.5. The molecule has 1 fully saturated rings. The van der Waals surface area contributed by atoms with E-state index in [0.717, 1.165) is 0 Å². The number of ketones is 1. The number of hydrogen-bond acceptors (Lipinski definition) is 4. The Hall–Kier alpha value is -1.76. The molecule has 116 valence electrons. The van der Waals surface area contributed by atoms with Crippen LogP contribution < -0.4 is 14.8 Å². The van der Waals surface area contributed by atoms with Crippen molar-refractivity contribution in [3.8, 4) is 11.5 Å². The van der Waals surface area contributed by atoms with E-state index in [1.165, 1.54) is 32.4 Å². The molecule has 1 N–H and O–H groups in total. The van der Waals surface area contributed by atoms with Gasteiger partial charge in [0.05, 0.1) is 14.2 Å². The van der Waals surface area contributed by atoms with Gasteiger partial charge in [0.2, 0.25) is 0 Å². The van der Waals surface area contributed by atoms with Crippen molar-refractivity contribution >= 4 is 5.78 Å². The summed E-state index contributed by atoms with van der Waals surface area (Å²) in [7, 11) is 2.75. The monoisotopic (exact) mass is 303 g/mol. The lowest BCUT2D eigenvalue weighted by Crippen LogP contribution is -2.46. The molecule has 0 amide bonds. The molecule has 0 spiro atoms. The normalized spacial score (nSPS) is 22.1. The highest BCUT2D eigenvalue weighted by atomic mass is 19.4. The fourth-order valence-corrected chi connectivity index (χ4v) is 2.47. The third-order valence-electron chi connectivity index (χ3n) is 3.75. The first-order chi connectivity index (χ1) is 9.84. The number of carbonyl (C=O) groups excluding carboxylic acids is 1. The van der Waals surface area contributed by atoms with Crippen LogP contribution in [-0.4, -0.2) is 39.3 Å². The second kappa shape index (κ2) is 5.55. The number of carbonyl (C=O) groups is 1. The first-order valence-electron chi connectivity index (χ1n) is 6.39. The van der Waals surface area contributed by atoms with Crippen molar-refractivity contribution in [2.75, 3.05) is 27.3 Å². The van der Waals surface area contributed by atoms with E-state index in [-0.39, 0.29) is 30.0 Å². The Labute approximate surface area is 120 Å². The Kier molecular flexibility index (Phi) is 4.13. The lowest BCUT2D eigenvalue weighted by atomic mass is 9.78. The fraction of sp³-hybridized carbons (Fsp3) is 0.500. The van der Waals surface area contributed by atoms with Gasteiger partial charge in [-0.05, 0) is 25.1 Å². The van der Waals surface area contributed by atoms with Gasteiger partial charge in [0.25, 0.3) is 0 Å². The van der Waals surface area contributed by atoms with Gasteiger partial charge in [-0.2, -0.15) is 13.2 Å². The summed E-state index contributed by atoms with van der Waals surface area (Å²) in [6.07, 6.45) is -4.88. The smallest absolute Gasteiger partial charge is 0.402 e. The summed E-state index contributed by atoms with van der Waals surface area (Å²) >= 11 is 0. The van der Waals surface area contributed by atoms with Crippen molar-refractivity contribution in [1.29, 1.82) is 0 Å². The predicted molar refractivity (Wildman–Crippen MR) is 69.9 cm³/mol. The lowest BCUT2D eigenvalue weighted by molar-refractivity contribution is -0.197. The number of rotatable bonds is 4. The maximum Gasteiger partial charge on any atom is 0.402 e. The minimum absolute atomic E-state index is 0.0628. The predicted octanol–water partition coefficient (Wildman–Crippen LogP) is 2.43. The molecule has 1 aliphatic heterocycles. The SMILES string of the molecule is COc1cc(OC)cc(C(=O)C2(C(F)(F)F)CCNC2)c1. The average Bonchev–Trinajstić information content (AvgIpc) is 2.96. The van der Waals surface area contributed by atoms with Crippen molar-refractivity contribution in [3.05, 3.63) is 23.8 Å². The van der Waals surface area contributed by atoms with Gasteiger partial charge in [0, 0.05) is 18.2 Å². The molecule has 0 radical (unpaired) electrons. The quantitative estimate of drug-likeness (QED) is 0.868. The van der Waals surface area contributed by atoms with E-state index >= 15 is 0 Å². The molecule has 0 aliphatic carbocycles. The van der Waals surface area contributed by atoms with Crippen LogP contribution in [0.25, 0.3) is 0 Å². The number of benzene rings is 1. The Bertz CT molecular complexity index is 515. The maximum atomic E-state index is 13.4. The van der Waals surface area contributed by atoms with Crippen LogP contribution in [0.1, 0.15) is 16.8 Å². The number of methoxy groups -OCH3 is 2. The Morgan fingerprint density at radius 2 is 1.76 bits per heavy atom. The van der Waals surface area contributed by atoms with Gasteiger partial charge >= 0.3 is 6.18 Å². The zero-order valence-corrected chi connectivity index (χ0v) is 11.7. The van der Waals surface area contributed by atoms with Crippen LogP contribution in [0.4, 0.5) is 13.2 Å². The van der Waals surface area contributed by atoms with Gasteiger partial charge in [-0.1, -0.05) is 0 Å². The molecule has 1 aromatic rings. The molecule has 1 heterocycles. The third kappa shape index (κ3) is 2.70. The molecular formula is C14H16F3NO3. The summed E-state index contributed by atoms with van der Waals surface area (Å²) < 4.78 is 50.2. The topological polar surface area (TPSA) is 47.6 Å². The van der Waals surface area contributed by atoms with E-state index in [0.29, 0.717) is 0 Å². The summed E-state index contributed by atoms with van der Waals surface area (Å²) in [6, 6.07) is 4.11. The van der Waals surface area contributed by atoms with E-state index in [9.17, 15) is 18.0 Å². The van der Waals surface area contributed by atoms with Crippen LogP contribution in [0.3, 0.4) is 0 Å². The number of Topliss-reactive ketones (excluding diaryl/α,β-unsaturated/α-hetero) is 1. The van der Waals surface area contributed by atoms with Gasteiger partial charge in [0.15, 0.2) is 5.78 Å². The number of halogens is 3. The van der Waals surface area contributed by atoms with E-state index in [1.54, 1.807) is 0 Å². The lowest BCUT2D eigenvalue weighted by Gasteiger charge is -2.29.